The van der Waals surface area contributed by atoms with E-state index in [1.54, 1.807) is 6.61 Å². The molecular weight excluding hydrogens is 280 g/mol. The van der Waals surface area contributed by atoms with Gasteiger partial charge in [0.25, 0.3) is 0 Å². The quantitative estimate of drug-likeness (QED) is 0.578. The Morgan fingerprint density at radius 3 is 2.69 bits per heavy atom. The SMILES string of the molecule is CC(=O)OC[C@H]1O[CH]C[C@@H](Br)[C@@H]1OC(C)=O. The van der Waals surface area contributed by atoms with Crippen LogP contribution in [-0.2, 0) is 23.8 Å². The Labute approximate surface area is 103 Å². The van der Waals surface area contributed by atoms with Crippen LogP contribution in [0.3, 0.4) is 0 Å². The first-order valence-electron chi connectivity index (χ1n) is 4.92. The zero-order chi connectivity index (χ0) is 12.1. The number of halogens is 1. The third-order valence-corrected chi connectivity index (χ3v) is 2.96. The maximum Gasteiger partial charge on any atom is 0.303 e. The maximum absolute atomic E-state index is 10.9. The zero-order valence-electron chi connectivity index (χ0n) is 9.14. The molecule has 1 rings (SSSR count). The number of esters is 2. The van der Waals surface area contributed by atoms with Crippen LogP contribution >= 0.6 is 15.9 Å². The van der Waals surface area contributed by atoms with Gasteiger partial charge >= 0.3 is 11.9 Å². The van der Waals surface area contributed by atoms with Gasteiger partial charge in [-0.1, -0.05) is 15.9 Å². The summed E-state index contributed by atoms with van der Waals surface area (Å²) in [5, 5.41) is 0. The highest BCUT2D eigenvalue weighted by Crippen LogP contribution is 2.26. The molecule has 0 aliphatic carbocycles. The van der Waals surface area contributed by atoms with Gasteiger partial charge in [-0.15, -0.1) is 0 Å². The number of carbonyl (C=O) groups excluding carboxylic acids is 2. The van der Waals surface area contributed by atoms with Crippen LogP contribution in [0.1, 0.15) is 20.3 Å². The van der Waals surface area contributed by atoms with Crippen molar-refractivity contribution in [3.63, 3.8) is 0 Å². The van der Waals surface area contributed by atoms with Gasteiger partial charge in [0.15, 0.2) is 0 Å². The lowest BCUT2D eigenvalue weighted by Crippen LogP contribution is -2.45. The van der Waals surface area contributed by atoms with Crippen molar-refractivity contribution in [3.05, 3.63) is 6.61 Å². The van der Waals surface area contributed by atoms with Gasteiger partial charge in [0.2, 0.25) is 0 Å². The molecule has 1 fully saturated rings. The Hall–Kier alpha value is -0.620. The minimum absolute atomic E-state index is 0.0225. The summed E-state index contributed by atoms with van der Waals surface area (Å²) in [6.45, 7) is 4.35. The van der Waals surface area contributed by atoms with Crippen molar-refractivity contribution >= 4 is 27.9 Å². The molecule has 0 unspecified atom stereocenters. The molecule has 0 amide bonds. The molecule has 91 valence electrons. The molecule has 1 saturated heterocycles. The van der Waals surface area contributed by atoms with Crippen molar-refractivity contribution in [1.82, 2.24) is 0 Å². The summed E-state index contributed by atoms with van der Waals surface area (Å²) >= 11 is 3.40. The third-order valence-electron chi connectivity index (χ3n) is 2.07. The van der Waals surface area contributed by atoms with Gasteiger partial charge < -0.3 is 14.2 Å². The average molecular weight is 294 g/mol. The highest BCUT2D eigenvalue weighted by atomic mass is 79.9. The van der Waals surface area contributed by atoms with E-state index in [1.165, 1.54) is 13.8 Å². The van der Waals surface area contributed by atoms with Crippen LogP contribution in [0.5, 0.6) is 0 Å². The number of ether oxygens (including phenoxy) is 3. The topological polar surface area (TPSA) is 61.8 Å². The van der Waals surface area contributed by atoms with E-state index in [1.807, 2.05) is 0 Å². The fourth-order valence-electron chi connectivity index (χ4n) is 1.39. The average Bonchev–Trinajstić information content (AvgIpc) is 2.18. The normalized spacial score (nSPS) is 29.6. The van der Waals surface area contributed by atoms with Gasteiger partial charge in [0, 0.05) is 13.8 Å². The molecule has 1 radical (unpaired) electrons. The number of hydrogen-bond donors (Lipinski definition) is 0. The fraction of sp³-hybridized carbons (Fsp3) is 0.700. The third kappa shape index (κ3) is 4.09. The highest BCUT2D eigenvalue weighted by Gasteiger charge is 2.36. The van der Waals surface area contributed by atoms with E-state index >= 15 is 0 Å². The van der Waals surface area contributed by atoms with Crippen LogP contribution in [-0.4, -0.2) is 35.6 Å². The van der Waals surface area contributed by atoms with Gasteiger partial charge in [-0.3, -0.25) is 9.59 Å². The summed E-state index contributed by atoms with van der Waals surface area (Å²) < 4.78 is 15.3. The van der Waals surface area contributed by atoms with Crippen molar-refractivity contribution in [2.45, 2.75) is 37.3 Å². The second-order valence-electron chi connectivity index (χ2n) is 3.47. The molecule has 1 aliphatic rings. The summed E-state index contributed by atoms with van der Waals surface area (Å²) in [5.41, 5.74) is 0. The van der Waals surface area contributed by atoms with Crippen molar-refractivity contribution in [1.29, 1.82) is 0 Å². The minimum atomic E-state index is -0.453. The van der Waals surface area contributed by atoms with Crippen LogP contribution < -0.4 is 0 Å². The lowest BCUT2D eigenvalue weighted by molar-refractivity contribution is -0.163. The van der Waals surface area contributed by atoms with Crippen LogP contribution in [0.25, 0.3) is 0 Å². The first-order chi connectivity index (χ1) is 7.50. The van der Waals surface area contributed by atoms with E-state index in [0.29, 0.717) is 6.42 Å². The first kappa shape index (κ1) is 13.4. The minimum Gasteiger partial charge on any atom is -0.463 e. The van der Waals surface area contributed by atoms with Gasteiger partial charge in [-0.05, 0) is 6.42 Å². The Bertz CT molecular complexity index is 268. The van der Waals surface area contributed by atoms with Crippen molar-refractivity contribution in [3.8, 4) is 0 Å². The van der Waals surface area contributed by atoms with Crippen LogP contribution in [0, 0.1) is 6.61 Å². The molecule has 5 nitrogen and oxygen atoms in total. The van der Waals surface area contributed by atoms with Gasteiger partial charge in [-0.25, -0.2) is 0 Å². The van der Waals surface area contributed by atoms with Crippen molar-refractivity contribution in [2.24, 2.45) is 0 Å². The molecule has 0 aromatic carbocycles. The zero-order valence-corrected chi connectivity index (χ0v) is 10.7. The predicted octanol–water partition coefficient (Wildman–Crippen LogP) is 1.20. The molecule has 0 saturated carbocycles. The lowest BCUT2D eigenvalue weighted by Gasteiger charge is -2.33. The molecule has 6 heteroatoms. The molecule has 0 bridgehead atoms. The number of carbonyl (C=O) groups is 2. The molecule has 16 heavy (non-hydrogen) atoms. The summed E-state index contributed by atoms with van der Waals surface area (Å²) in [6, 6.07) is 0. The Kier molecular flexibility index (Phi) is 5.21. The Balaban J connectivity index is 2.55. The molecule has 1 heterocycles. The molecule has 0 aromatic heterocycles. The number of rotatable bonds is 3. The molecule has 0 spiro atoms. The summed E-state index contributed by atoms with van der Waals surface area (Å²) in [4.78, 5) is 21.6. The lowest BCUT2D eigenvalue weighted by atomic mass is 10.1. The largest absolute Gasteiger partial charge is 0.463 e. The monoisotopic (exact) mass is 293 g/mol. The van der Waals surface area contributed by atoms with Gasteiger partial charge in [-0.2, -0.15) is 0 Å². The molecule has 1 aliphatic heterocycles. The van der Waals surface area contributed by atoms with Crippen LogP contribution in [0.15, 0.2) is 0 Å². The molecule has 3 atom stereocenters. The van der Waals surface area contributed by atoms with Crippen molar-refractivity contribution < 1.29 is 23.8 Å². The van der Waals surface area contributed by atoms with Crippen LogP contribution in [0.2, 0.25) is 0 Å². The summed E-state index contributed by atoms with van der Waals surface area (Å²) in [7, 11) is 0. The Morgan fingerprint density at radius 1 is 1.44 bits per heavy atom. The number of alkyl halides is 1. The smallest absolute Gasteiger partial charge is 0.303 e. The van der Waals surface area contributed by atoms with Crippen LogP contribution in [0.4, 0.5) is 0 Å². The predicted molar refractivity (Wildman–Crippen MR) is 58.7 cm³/mol. The van der Waals surface area contributed by atoms with E-state index in [2.05, 4.69) is 15.9 Å². The number of hydrogen-bond acceptors (Lipinski definition) is 5. The maximum atomic E-state index is 10.9. The molecule has 0 N–H and O–H groups in total. The van der Waals surface area contributed by atoms with E-state index in [0.717, 1.165) is 0 Å². The van der Waals surface area contributed by atoms with Crippen molar-refractivity contribution in [2.75, 3.05) is 6.61 Å². The fourth-order valence-corrected chi connectivity index (χ4v) is 1.99. The summed E-state index contributed by atoms with van der Waals surface area (Å²) in [6.07, 6.45) is -0.262. The van der Waals surface area contributed by atoms with Gasteiger partial charge in [0.05, 0.1) is 11.4 Å². The summed E-state index contributed by atoms with van der Waals surface area (Å²) in [5.74, 6) is -0.769. The van der Waals surface area contributed by atoms with Gasteiger partial charge in [0.1, 0.15) is 18.8 Å². The second kappa shape index (κ2) is 6.20. The van der Waals surface area contributed by atoms with E-state index in [-0.39, 0.29) is 23.4 Å². The highest BCUT2D eigenvalue weighted by molar-refractivity contribution is 9.09. The second-order valence-corrected chi connectivity index (χ2v) is 4.65. The molecule has 0 aromatic rings. The van der Waals surface area contributed by atoms with E-state index in [9.17, 15) is 9.59 Å². The molecular formula is C10H14BrO5. The first-order valence-corrected chi connectivity index (χ1v) is 5.84. The van der Waals surface area contributed by atoms with E-state index < -0.39 is 12.2 Å². The van der Waals surface area contributed by atoms with E-state index in [4.69, 9.17) is 14.2 Å². The Morgan fingerprint density at radius 2 is 2.12 bits per heavy atom. The standard InChI is InChI=1S/C10H14BrO5/c1-6(12)15-5-9-10(16-7(2)13)8(11)3-4-14-9/h4,8-10H,3,5H2,1-2H3/t8-,9-,10+/m1/s1.